The maximum absolute atomic E-state index is 13.5. The van der Waals surface area contributed by atoms with Crippen LogP contribution in [0.3, 0.4) is 0 Å². The molecule has 2 aromatic rings. The zero-order chi connectivity index (χ0) is 22.3. The Bertz CT molecular complexity index is 1030. The zero-order valence-corrected chi connectivity index (χ0v) is 17.3. The van der Waals surface area contributed by atoms with Gasteiger partial charge in [-0.3, -0.25) is 9.48 Å². The number of aromatic nitrogens is 2. The first-order valence-corrected chi connectivity index (χ1v) is 10.3. The van der Waals surface area contributed by atoms with Crippen LogP contribution in [0.4, 0.5) is 18.0 Å². The van der Waals surface area contributed by atoms with Gasteiger partial charge in [-0.2, -0.15) is 5.10 Å². The van der Waals surface area contributed by atoms with Crippen LogP contribution in [-0.2, 0) is 13.1 Å². The van der Waals surface area contributed by atoms with Gasteiger partial charge in [-0.1, -0.05) is 11.6 Å². The third-order valence-corrected chi connectivity index (χ3v) is 6.04. The van der Waals surface area contributed by atoms with Gasteiger partial charge in [0.2, 0.25) is 5.92 Å². The first-order valence-electron chi connectivity index (χ1n) is 9.93. The molecule has 0 unspecified atom stereocenters. The quantitative estimate of drug-likeness (QED) is 0.741. The van der Waals surface area contributed by atoms with Gasteiger partial charge in [0.1, 0.15) is 11.5 Å². The summed E-state index contributed by atoms with van der Waals surface area (Å²) in [5.41, 5.74) is 6.89. The fourth-order valence-corrected chi connectivity index (χ4v) is 4.23. The standard InChI is InChI=1S/C20H21ClF3N5O2/c21-13-9-11(1-2-14(13)22)17-16(18(25)30)15-10-28(7-8-29(15)27-17)19(31)26-12-3-5-20(23,24)6-4-12/h1-2,9,12H,3-8,10H2,(H2,25,30)(H,26,31). The molecule has 4 rings (SSSR count). The second-order valence-electron chi connectivity index (χ2n) is 7.89. The second-order valence-corrected chi connectivity index (χ2v) is 8.30. The highest BCUT2D eigenvalue weighted by Crippen LogP contribution is 2.33. The Labute approximate surface area is 181 Å². The van der Waals surface area contributed by atoms with E-state index in [9.17, 15) is 22.8 Å². The van der Waals surface area contributed by atoms with Crippen LogP contribution in [0, 0.1) is 5.82 Å². The Balaban J connectivity index is 1.54. The smallest absolute Gasteiger partial charge is 0.318 e. The van der Waals surface area contributed by atoms with E-state index < -0.39 is 17.6 Å². The summed E-state index contributed by atoms with van der Waals surface area (Å²) in [5, 5.41) is 7.13. The van der Waals surface area contributed by atoms with Crippen molar-refractivity contribution in [2.75, 3.05) is 6.54 Å². The third kappa shape index (κ3) is 4.34. The molecule has 2 heterocycles. The molecule has 0 radical (unpaired) electrons. The summed E-state index contributed by atoms with van der Waals surface area (Å²) in [6.07, 6.45) is -0.0701. The molecule has 7 nitrogen and oxygen atoms in total. The number of hydrogen-bond donors (Lipinski definition) is 2. The van der Waals surface area contributed by atoms with Crippen molar-refractivity contribution in [2.45, 2.75) is 50.7 Å². The molecular weight excluding hydrogens is 435 g/mol. The highest BCUT2D eigenvalue weighted by Gasteiger charge is 2.36. The van der Waals surface area contributed by atoms with Crippen molar-refractivity contribution in [3.63, 3.8) is 0 Å². The van der Waals surface area contributed by atoms with E-state index in [1.54, 1.807) is 4.68 Å². The van der Waals surface area contributed by atoms with Crippen molar-refractivity contribution >= 4 is 23.5 Å². The van der Waals surface area contributed by atoms with Crippen LogP contribution < -0.4 is 11.1 Å². The Kier molecular flexibility index (Phi) is 5.59. The number of carbonyl (C=O) groups is 2. The molecule has 1 saturated carbocycles. The van der Waals surface area contributed by atoms with Gasteiger partial charge in [0.05, 0.1) is 29.4 Å². The number of rotatable bonds is 3. The lowest BCUT2D eigenvalue weighted by molar-refractivity contribution is -0.0398. The summed E-state index contributed by atoms with van der Waals surface area (Å²) in [7, 11) is 0. The van der Waals surface area contributed by atoms with E-state index in [-0.39, 0.29) is 60.6 Å². The molecule has 0 spiro atoms. The molecule has 0 atom stereocenters. The van der Waals surface area contributed by atoms with E-state index in [2.05, 4.69) is 10.4 Å². The minimum Gasteiger partial charge on any atom is -0.365 e. The van der Waals surface area contributed by atoms with Crippen molar-refractivity contribution in [3.8, 4) is 11.3 Å². The fraction of sp³-hybridized carbons (Fsp3) is 0.450. The van der Waals surface area contributed by atoms with Crippen LogP contribution in [0.15, 0.2) is 18.2 Å². The number of primary amides is 1. The number of urea groups is 1. The molecule has 0 saturated heterocycles. The minimum atomic E-state index is -2.67. The van der Waals surface area contributed by atoms with E-state index in [4.69, 9.17) is 17.3 Å². The van der Waals surface area contributed by atoms with Gasteiger partial charge in [-0.05, 0) is 31.0 Å². The molecular formula is C20H21ClF3N5O2. The number of carbonyl (C=O) groups excluding carboxylic acids is 2. The van der Waals surface area contributed by atoms with Gasteiger partial charge in [0.25, 0.3) is 5.91 Å². The molecule has 1 aromatic heterocycles. The molecule has 166 valence electrons. The average molecular weight is 456 g/mol. The third-order valence-electron chi connectivity index (χ3n) is 5.75. The van der Waals surface area contributed by atoms with Crippen molar-refractivity contribution < 1.29 is 22.8 Å². The summed E-state index contributed by atoms with van der Waals surface area (Å²) in [6.45, 7) is 0.723. The predicted octanol–water partition coefficient (Wildman–Crippen LogP) is 3.54. The summed E-state index contributed by atoms with van der Waals surface area (Å²) < 4.78 is 41.8. The highest BCUT2D eigenvalue weighted by atomic mass is 35.5. The lowest BCUT2D eigenvalue weighted by atomic mass is 9.92. The van der Waals surface area contributed by atoms with Crippen LogP contribution in [0.5, 0.6) is 0 Å². The van der Waals surface area contributed by atoms with Gasteiger partial charge < -0.3 is 16.0 Å². The van der Waals surface area contributed by atoms with Crippen LogP contribution in [0.25, 0.3) is 11.3 Å². The summed E-state index contributed by atoms with van der Waals surface area (Å²) in [5.74, 6) is -4.00. The average Bonchev–Trinajstić information content (AvgIpc) is 3.10. The van der Waals surface area contributed by atoms with E-state index >= 15 is 0 Å². The Morgan fingerprint density at radius 2 is 1.94 bits per heavy atom. The van der Waals surface area contributed by atoms with E-state index in [1.165, 1.54) is 23.1 Å². The number of nitrogens with one attached hydrogen (secondary N) is 1. The minimum absolute atomic E-state index is 0.0783. The van der Waals surface area contributed by atoms with Crippen LogP contribution in [0.1, 0.15) is 41.7 Å². The molecule has 1 aromatic carbocycles. The molecule has 31 heavy (non-hydrogen) atoms. The summed E-state index contributed by atoms with van der Waals surface area (Å²) in [4.78, 5) is 26.4. The summed E-state index contributed by atoms with van der Waals surface area (Å²) in [6, 6.07) is 3.29. The number of nitrogens with zero attached hydrogens (tertiary/aromatic N) is 3. The molecule has 1 aliphatic carbocycles. The molecule has 3 N–H and O–H groups in total. The molecule has 0 bridgehead atoms. The number of amides is 3. The molecule has 3 amide bonds. The Hall–Kier alpha value is -2.75. The maximum atomic E-state index is 13.5. The zero-order valence-electron chi connectivity index (χ0n) is 16.5. The van der Waals surface area contributed by atoms with Crippen molar-refractivity contribution in [3.05, 3.63) is 40.3 Å². The first kappa shape index (κ1) is 21.5. The SMILES string of the molecule is NC(=O)c1c(-c2ccc(F)c(Cl)c2)nn2c1CN(C(=O)NC1CCC(F)(F)CC1)CC2. The first-order chi connectivity index (χ1) is 14.6. The van der Waals surface area contributed by atoms with E-state index in [0.717, 1.165) is 0 Å². The highest BCUT2D eigenvalue weighted by molar-refractivity contribution is 6.31. The Morgan fingerprint density at radius 1 is 1.23 bits per heavy atom. The van der Waals surface area contributed by atoms with Gasteiger partial charge >= 0.3 is 6.03 Å². The fourth-order valence-electron chi connectivity index (χ4n) is 4.05. The monoisotopic (exact) mass is 455 g/mol. The van der Waals surface area contributed by atoms with Gasteiger partial charge in [0, 0.05) is 31.0 Å². The van der Waals surface area contributed by atoms with Crippen LogP contribution >= 0.6 is 11.6 Å². The number of halogens is 4. The van der Waals surface area contributed by atoms with Crippen molar-refractivity contribution in [1.82, 2.24) is 20.0 Å². The second kappa shape index (κ2) is 8.07. The van der Waals surface area contributed by atoms with E-state index in [0.29, 0.717) is 24.3 Å². The number of hydrogen-bond acceptors (Lipinski definition) is 3. The van der Waals surface area contributed by atoms with E-state index in [1.807, 2.05) is 0 Å². The molecule has 11 heteroatoms. The number of benzene rings is 1. The summed E-state index contributed by atoms with van der Waals surface area (Å²) >= 11 is 5.86. The Morgan fingerprint density at radius 3 is 2.58 bits per heavy atom. The topological polar surface area (TPSA) is 93.2 Å². The molecule has 1 fully saturated rings. The molecule has 1 aliphatic heterocycles. The van der Waals surface area contributed by atoms with Gasteiger partial charge in [0.15, 0.2) is 0 Å². The van der Waals surface area contributed by atoms with Crippen LogP contribution in [0.2, 0.25) is 5.02 Å². The number of fused-ring (bicyclic) bond motifs is 1. The van der Waals surface area contributed by atoms with Crippen LogP contribution in [-0.4, -0.2) is 45.1 Å². The number of alkyl halides is 2. The van der Waals surface area contributed by atoms with Gasteiger partial charge in [-0.15, -0.1) is 0 Å². The predicted molar refractivity (Wildman–Crippen MR) is 107 cm³/mol. The number of nitrogens with two attached hydrogens (primary N) is 1. The molecule has 2 aliphatic rings. The maximum Gasteiger partial charge on any atom is 0.318 e. The lowest BCUT2D eigenvalue weighted by Gasteiger charge is -2.33. The van der Waals surface area contributed by atoms with Crippen molar-refractivity contribution in [1.29, 1.82) is 0 Å². The van der Waals surface area contributed by atoms with Gasteiger partial charge in [-0.25, -0.2) is 18.0 Å². The lowest BCUT2D eigenvalue weighted by Crippen LogP contribution is -2.49. The van der Waals surface area contributed by atoms with Crippen molar-refractivity contribution in [2.24, 2.45) is 5.73 Å². The largest absolute Gasteiger partial charge is 0.365 e. The normalized spacial score (nSPS) is 18.5.